The van der Waals surface area contributed by atoms with E-state index in [4.69, 9.17) is 0 Å². The van der Waals surface area contributed by atoms with Gasteiger partial charge in [-0.25, -0.2) is 0 Å². The van der Waals surface area contributed by atoms with Crippen molar-refractivity contribution in [3.8, 4) is 0 Å². The number of carbonyl (C=O) groups excluding carboxylic acids is 3. The minimum atomic E-state index is -0.338. The molecule has 23 heavy (non-hydrogen) atoms. The van der Waals surface area contributed by atoms with Gasteiger partial charge < -0.3 is 10.1 Å². The molecular weight excluding hydrogens is 294 g/mol. The summed E-state index contributed by atoms with van der Waals surface area (Å²) in [5.74, 6) is -0.682. The van der Waals surface area contributed by atoms with Gasteiger partial charge in [0.2, 0.25) is 0 Å². The van der Waals surface area contributed by atoms with Crippen LogP contribution in [0.25, 0.3) is 0 Å². The molecule has 1 N–H and O–H groups in total. The van der Waals surface area contributed by atoms with Gasteiger partial charge in [-0.2, -0.15) is 0 Å². The number of anilines is 1. The third kappa shape index (κ3) is 2.61. The Morgan fingerprint density at radius 2 is 1.61 bits per heavy atom. The predicted molar refractivity (Wildman–Crippen MR) is 84.9 cm³/mol. The molecule has 116 valence electrons. The highest BCUT2D eigenvalue weighted by Crippen LogP contribution is 2.31. The highest BCUT2D eigenvalue weighted by molar-refractivity contribution is 6.30. The van der Waals surface area contributed by atoms with Crippen molar-refractivity contribution in [1.29, 1.82) is 0 Å². The number of esters is 1. The normalized spacial score (nSPS) is 12.4. The van der Waals surface area contributed by atoms with Crippen LogP contribution in [0.15, 0.2) is 42.5 Å². The molecule has 5 heteroatoms. The first-order chi connectivity index (χ1) is 11.1. The molecule has 2 aromatic carbocycles. The number of hydrogen-bond acceptors (Lipinski definition) is 5. The Morgan fingerprint density at radius 1 is 0.957 bits per heavy atom. The number of ether oxygens (including phenoxy) is 1. The van der Waals surface area contributed by atoms with Crippen LogP contribution in [0.4, 0.5) is 5.69 Å². The van der Waals surface area contributed by atoms with E-state index in [9.17, 15) is 14.4 Å². The van der Waals surface area contributed by atoms with Gasteiger partial charge in [-0.1, -0.05) is 36.4 Å². The van der Waals surface area contributed by atoms with E-state index in [0.29, 0.717) is 34.5 Å². The predicted octanol–water partition coefficient (Wildman–Crippen LogP) is 2.44. The number of carbonyl (C=O) groups is 3. The van der Waals surface area contributed by atoms with E-state index < -0.39 is 0 Å². The van der Waals surface area contributed by atoms with E-state index in [0.717, 1.165) is 0 Å². The number of ketones is 2. The van der Waals surface area contributed by atoms with Crippen molar-refractivity contribution in [2.45, 2.75) is 6.42 Å². The molecule has 0 atom stereocenters. The van der Waals surface area contributed by atoms with Crippen molar-refractivity contribution in [2.75, 3.05) is 19.0 Å². The quantitative estimate of drug-likeness (QED) is 0.749. The van der Waals surface area contributed by atoms with Gasteiger partial charge in [0.15, 0.2) is 11.6 Å². The van der Waals surface area contributed by atoms with Crippen molar-refractivity contribution in [1.82, 2.24) is 0 Å². The molecule has 0 saturated carbocycles. The van der Waals surface area contributed by atoms with Crippen LogP contribution in [0.1, 0.15) is 38.3 Å². The molecule has 0 spiro atoms. The Morgan fingerprint density at radius 3 is 2.30 bits per heavy atom. The van der Waals surface area contributed by atoms with Crippen LogP contribution in [0, 0.1) is 0 Å². The lowest BCUT2D eigenvalue weighted by Crippen LogP contribution is -2.23. The van der Waals surface area contributed by atoms with E-state index in [1.54, 1.807) is 42.5 Å². The molecular formula is C18H15NO4. The Bertz CT molecular complexity index is 810. The summed E-state index contributed by atoms with van der Waals surface area (Å²) in [6, 6.07) is 11.9. The molecule has 5 nitrogen and oxygen atoms in total. The molecule has 0 aromatic heterocycles. The highest BCUT2D eigenvalue weighted by atomic mass is 16.5. The van der Waals surface area contributed by atoms with Crippen LogP contribution in [0.2, 0.25) is 0 Å². The molecule has 0 bridgehead atoms. The number of nitrogens with one attached hydrogen (secondary N) is 1. The minimum absolute atomic E-state index is 0.160. The van der Waals surface area contributed by atoms with Gasteiger partial charge in [-0.3, -0.25) is 14.4 Å². The molecule has 3 rings (SSSR count). The monoisotopic (exact) mass is 309 g/mol. The smallest absolute Gasteiger partial charge is 0.307 e. The number of benzene rings is 2. The second-order valence-corrected chi connectivity index (χ2v) is 5.18. The maximum absolute atomic E-state index is 12.7. The Kier molecular flexibility index (Phi) is 3.93. The van der Waals surface area contributed by atoms with E-state index in [1.807, 2.05) is 0 Å². The molecule has 0 heterocycles. The average molecular weight is 309 g/mol. The second kappa shape index (κ2) is 6.04. The Balaban J connectivity index is 1.96. The lowest BCUT2D eigenvalue weighted by molar-refractivity contribution is -0.140. The van der Waals surface area contributed by atoms with Crippen LogP contribution in [0.3, 0.4) is 0 Å². The maximum Gasteiger partial charge on any atom is 0.307 e. The second-order valence-electron chi connectivity index (χ2n) is 5.18. The zero-order valence-electron chi connectivity index (χ0n) is 12.6. The molecule has 0 fully saturated rings. The molecule has 0 saturated heterocycles. The van der Waals surface area contributed by atoms with Gasteiger partial charge in [0.05, 0.1) is 19.1 Å². The summed E-state index contributed by atoms with van der Waals surface area (Å²) in [6.07, 6.45) is 0.179. The summed E-state index contributed by atoms with van der Waals surface area (Å²) in [7, 11) is 1.33. The van der Waals surface area contributed by atoms with Crippen LogP contribution in [-0.4, -0.2) is 31.2 Å². The van der Waals surface area contributed by atoms with Gasteiger partial charge >= 0.3 is 5.97 Å². The standard InChI is InChI=1S/C18H15NO4/c1-23-15(20)9-10-19-14-8-4-7-13-16(14)18(22)12-6-3-2-5-11(12)17(13)21/h2-8,19H,9-10H2,1H3. The van der Waals surface area contributed by atoms with Crippen molar-refractivity contribution in [3.63, 3.8) is 0 Å². The zero-order valence-corrected chi connectivity index (χ0v) is 12.6. The van der Waals surface area contributed by atoms with Gasteiger partial charge in [0, 0.05) is 28.9 Å². The first-order valence-corrected chi connectivity index (χ1v) is 7.25. The Hall–Kier alpha value is -2.95. The highest BCUT2D eigenvalue weighted by Gasteiger charge is 2.31. The largest absolute Gasteiger partial charge is 0.469 e. The first kappa shape index (κ1) is 15.0. The van der Waals surface area contributed by atoms with Gasteiger partial charge in [-0.05, 0) is 6.07 Å². The van der Waals surface area contributed by atoms with Crippen LogP contribution < -0.4 is 5.32 Å². The lowest BCUT2D eigenvalue weighted by atomic mass is 9.83. The van der Waals surface area contributed by atoms with E-state index in [-0.39, 0.29) is 24.0 Å². The molecule has 0 aliphatic heterocycles. The number of fused-ring (bicyclic) bond motifs is 2. The van der Waals surface area contributed by atoms with Crippen molar-refractivity contribution < 1.29 is 19.1 Å². The maximum atomic E-state index is 12.7. The molecule has 0 radical (unpaired) electrons. The van der Waals surface area contributed by atoms with E-state index in [1.165, 1.54) is 7.11 Å². The summed E-state index contributed by atoms with van der Waals surface area (Å²) < 4.78 is 4.59. The Labute approximate surface area is 133 Å². The summed E-state index contributed by atoms with van der Waals surface area (Å²) in [5.41, 5.74) is 2.14. The molecule has 2 aromatic rings. The fourth-order valence-corrected chi connectivity index (χ4v) is 2.69. The zero-order chi connectivity index (χ0) is 16.4. The summed E-state index contributed by atoms with van der Waals surface area (Å²) in [6.45, 7) is 0.326. The molecule has 1 aliphatic rings. The lowest BCUT2D eigenvalue weighted by Gasteiger charge is -2.20. The fraction of sp³-hybridized carbons (Fsp3) is 0.167. The minimum Gasteiger partial charge on any atom is -0.469 e. The summed E-state index contributed by atoms with van der Waals surface area (Å²) in [5, 5.41) is 3.05. The van der Waals surface area contributed by atoms with Crippen molar-refractivity contribution in [3.05, 3.63) is 64.7 Å². The van der Waals surface area contributed by atoms with E-state index in [2.05, 4.69) is 10.1 Å². The fourth-order valence-electron chi connectivity index (χ4n) is 2.69. The van der Waals surface area contributed by atoms with Crippen LogP contribution in [0.5, 0.6) is 0 Å². The van der Waals surface area contributed by atoms with E-state index >= 15 is 0 Å². The molecule has 0 amide bonds. The average Bonchev–Trinajstić information content (AvgIpc) is 2.59. The molecule has 0 unspecified atom stereocenters. The van der Waals surface area contributed by atoms with Gasteiger partial charge in [0.25, 0.3) is 0 Å². The topological polar surface area (TPSA) is 72.5 Å². The van der Waals surface area contributed by atoms with Crippen molar-refractivity contribution >= 4 is 23.2 Å². The van der Waals surface area contributed by atoms with Gasteiger partial charge in [-0.15, -0.1) is 0 Å². The van der Waals surface area contributed by atoms with Crippen LogP contribution >= 0.6 is 0 Å². The third-order valence-electron chi connectivity index (χ3n) is 3.82. The number of rotatable bonds is 4. The van der Waals surface area contributed by atoms with Gasteiger partial charge in [0.1, 0.15) is 0 Å². The first-order valence-electron chi connectivity index (χ1n) is 7.25. The summed E-state index contributed by atoms with van der Waals surface area (Å²) in [4.78, 5) is 36.5. The third-order valence-corrected chi connectivity index (χ3v) is 3.82. The SMILES string of the molecule is COC(=O)CCNc1cccc2c1C(=O)c1ccccc1C2=O. The molecule has 1 aliphatic carbocycles. The number of methoxy groups -OCH3 is 1. The number of hydrogen-bond donors (Lipinski definition) is 1. The van der Waals surface area contributed by atoms with Crippen molar-refractivity contribution in [2.24, 2.45) is 0 Å². The summed E-state index contributed by atoms with van der Waals surface area (Å²) >= 11 is 0. The van der Waals surface area contributed by atoms with Crippen LogP contribution in [-0.2, 0) is 9.53 Å².